The fourth-order valence-electron chi connectivity index (χ4n) is 1.22. The van der Waals surface area contributed by atoms with Crippen molar-refractivity contribution in [2.45, 2.75) is 6.42 Å². The molecule has 1 heterocycles. The monoisotopic (exact) mass is 267 g/mol. The first-order valence-corrected chi connectivity index (χ1v) is 5.37. The van der Waals surface area contributed by atoms with Crippen molar-refractivity contribution in [1.29, 1.82) is 0 Å². The smallest absolute Gasteiger partial charge is 0.247 e. The molecule has 0 unspecified atom stereocenters. The van der Waals surface area contributed by atoms with Gasteiger partial charge in [-0.3, -0.25) is 0 Å². The Morgan fingerprint density at radius 2 is 2.20 bits per heavy atom. The third-order valence-electron chi connectivity index (χ3n) is 1.90. The molecule has 2 aromatic rings. The molecule has 1 aromatic heterocycles. The van der Waals surface area contributed by atoms with Gasteiger partial charge in [-0.05, 0) is 18.2 Å². The van der Waals surface area contributed by atoms with Crippen LogP contribution in [0.25, 0.3) is 11.5 Å². The highest BCUT2D eigenvalue weighted by Crippen LogP contribution is 2.21. The van der Waals surface area contributed by atoms with Gasteiger partial charge in [0.25, 0.3) is 0 Å². The highest BCUT2D eigenvalue weighted by Gasteiger charge is 2.07. The maximum atomic E-state index is 5.44. The van der Waals surface area contributed by atoms with Crippen LogP contribution in [0.3, 0.4) is 0 Å². The molecule has 78 valence electrons. The fraction of sp³-hybridized carbons (Fsp3) is 0.200. The van der Waals surface area contributed by atoms with Crippen molar-refractivity contribution in [3.8, 4) is 11.5 Å². The second kappa shape index (κ2) is 4.55. The van der Waals surface area contributed by atoms with E-state index in [0.717, 1.165) is 10.0 Å². The molecule has 0 spiro atoms. The summed E-state index contributed by atoms with van der Waals surface area (Å²) >= 11 is 3.39. The summed E-state index contributed by atoms with van der Waals surface area (Å²) in [5.41, 5.74) is 6.30. The third-order valence-corrected chi connectivity index (χ3v) is 2.39. The van der Waals surface area contributed by atoms with Gasteiger partial charge in [0.2, 0.25) is 11.8 Å². The lowest BCUT2D eigenvalue weighted by atomic mass is 10.2. The summed E-state index contributed by atoms with van der Waals surface area (Å²) in [6.45, 7) is 0.514. The summed E-state index contributed by atoms with van der Waals surface area (Å²) in [5, 5.41) is 7.85. The number of hydrogen-bond acceptors (Lipinski definition) is 4. The van der Waals surface area contributed by atoms with Gasteiger partial charge in [0, 0.05) is 23.0 Å². The molecule has 0 amide bonds. The summed E-state index contributed by atoms with van der Waals surface area (Å²) < 4.78 is 6.43. The summed E-state index contributed by atoms with van der Waals surface area (Å²) in [6, 6.07) is 7.72. The summed E-state index contributed by atoms with van der Waals surface area (Å²) in [4.78, 5) is 0. The molecule has 0 saturated carbocycles. The van der Waals surface area contributed by atoms with E-state index in [9.17, 15) is 0 Å². The van der Waals surface area contributed by atoms with Gasteiger partial charge < -0.3 is 10.2 Å². The zero-order chi connectivity index (χ0) is 10.7. The number of halogens is 1. The van der Waals surface area contributed by atoms with Gasteiger partial charge >= 0.3 is 0 Å². The lowest BCUT2D eigenvalue weighted by molar-refractivity contribution is 0.507. The van der Waals surface area contributed by atoms with Crippen molar-refractivity contribution in [2.75, 3.05) is 6.54 Å². The Hall–Kier alpha value is -1.20. The largest absolute Gasteiger partial charge is 0.421 e. The van der Waals surface area contributed by atoms with Crippen molar-refractivity contribution in [1.82, 2.24) is 10.2 Å². The van der Waals surface area contributed by atoms with E-state index in [4.69, 9.17) is 10.2 Å². The molecule has 1 aromatic carbocycles. The van der Waals surface area contributed by atoms with Gasteiger partial charge in [0.05, 0.1) is 0 Å². The van der Waals surface area contributed by atoms with Crippen LogP contribution in [0.15, 0.2) is 33.2 Å². The minimum atomic E-state index is 0.514. The first kappa shape index (κ1) is 10.3. The summed E-state index contributed by atoms with van der Waals surface area (Å²) in [6.07, 6.45) is 0.612. The zero-order valence-electron chi connectivity index (χ0n) is 7.98. The van der Waals surface area contributed by atoms with E-state index in [1.165, 1.54) is 0 Å². The first-order chi connectivity index (χ1) is 7.29. The number of nitrogens with two attached hydrogens (primary N) is 1. The Morgan fingerprint density at radius 1 is 1.33 bits per heavy atom. The quantitative estimate of drug-likeness (QED) is 0.924. The Labute approximate surface area is 95.6 Å². The van der Waals surface area contributed by atoms with Gasteiger partial charge in [-0.1, -0.05) is 22.0 Å². The van der Waals surface area contributed by atoms with Crippen LogP contribution in [0, 0.1) is 0 Å². The van der Waals surface area contributed by atoms with E-state index in [0.29, 0.717) is 24.7 Å². The maximum absolute atomic E-state index is 5.44. The molecule has 0 bridgehead atoms. The summed E-state index contributed by atoms with van der Waals surface area (Å²) in [7, 11) is 0. The number of rotatable bonds is 3. The molecule has 5 heteroatoms. The first-order valence-electron chi connectivity index (χ1n) is 4.58. The Bertz CT molecular complexity index is 455. The molecular weight excluding hydrogens is 258 g/mol. The van der Waals surface area contributed by atoms with Crippen LogP contribution in [0.1, 0.15) is 5.89 Å². The Kier molecular flexibility index (Phi) is 3.13. The van der Waals surface area contributed by atoms with Crippen LogP contribution in [-0.2, 0) is 6.42 Å². The normalized spacial score (nSPS) is 10.5. The molecule has 0 aliphatic heterocycles. The van der Waals surface area contributed by atoms with Crippen LogP contribution in [0.2, 0.25) is 0 Å². The van der Waals surface area contributed by atoms with Crippen LogP contribution in [0.4, 0.5) is 0 Å². The van der Waals surface area contributed by atoms with Crippen LogP contribution in [0.5, 0.6) is 0 Å². The van der Waals surface area contributed by atoms with E-state index >= 15 is 0 Å². The lowest BCUT2D eigenvalue weighted by Crippen LogP contribution is -2.02. The van der Waals surface area contributed by atoms with Gasteiger partial charge in [-0.25, -0.2) is 0 Å². The molecule has 0 aliphatic rings. The van der Waals surface area contributed by atoms with Crippen LogP contribution in [-0.4, -0.2) is 16.7 Å². The van der Waals surface area contributed by atoms with Gasteiger partial charge in [-0.15, -0.1) is 10.2 Å². The van der Waals surface area contributed by atoms with Gasteiger partial charge in [-0.2, -0.15) is 0 Å². The standard InChI is InChI=1S/C10H10BrN3O/c11-8-3-1-2-7(6-8)10-14-13-9(15-10)4-5-12/h1-3,6H,4-5,12H2. The van der Waals surface area contributed by atoms with E-state index < -0.39 is 0 Å². The zero-order valence-corrected chi connectivity index (χ0v) is 9.57. The van der Waals surface area contributed by atoms with E-state index in [-0.39, 0.29) is 0 Å². The van der Waals surface area contributed by atoms with Crippen molar-refractivity contribution in [2.24, 2.45) is 5.73 Å². The van der Waals surface area contributed by atoms with E-state index in [1.807, 2.05) is 24.3 Å². The second-order valence-electron chi connectivity index (χ2n) is 3.05. The fourth-order valence-corrected chi connectivity index (χ4v) is 1.62. The van der Waals surface area contributed by atoms with Gasteiger partial charge in [0.1, 0.15) is 0 Å². The summed E-state index contributed by atoms with van der Waals surface area (Å²) in [5.74, 6) is 1.10. The van der Waals surface area contributed by atoms with Crippen molar-refractivity contribution < 1.29 is 4.42 Å². The molecule has 2 rings (SSSR count). The van der Waals surface area contributed by atoms with Crippen LogP contribution >= 0.6 is 15.9 Å². The molecule has 4 nitrogen and oxygen atoms in total. The molecule has 2 N–H and O–H groups in total. The molecule has 0 saturated heterocycles. The SMILES string of the molecule is NCCc1nnc(-c2cccc(Br)c2)o1. The Morgan fingerprint density at radius 3 is 2.93 bits per heavy atom. The molecule has 0 aliphatic carbocycles. The Balaban J connectivity index is 2.29. The molecule has 0 atom stereocenters. The number of hydrogen-bond donors (Lipinski definition) is 1. The minimum absolute atomic E-state index is 0.514. The van der Waals surface area contributed by atoms with Crippen molar-refractivity contribution in [3.63, 3.8) is 0 Å². The number of nitrogens with zero attached hydrogens (tertiary/aromatic N) is 2. The highest BCUT2D eigenvalue weighted by molar-refractivity contribution is 9.10. The molecule has 0 fully saturated rings. The number of benzene rings is 1. The second-order valence-corrected chi connectivity index (χ2v) is 3.97. The predicted molar refractivity (Wildman–Crippen MR) is 60.2 cm³/mol. The average Bonchev–Trinajstić information content (AvgIpc) is 2.67. The third kappa shape index (κ3) is 2.43. The maximum Gasteiger partial charge on any atom is 0.247 e. The number of aromatic nitrogens is 2. The molecule has 15 heavy (non-hydrogen) atoms. The minimum Gasteiger partial charge on any atom is -0.421 e. The van der Waals surface area contributed by atoms with Crippen molar-refractivity contribution >= 4 is 15.9 Å². The lowest BCUT2D eigenvalue weighted by Gasteiger charge is -1.94. The van der Waals surface area contributed by atoms with Crippen LogP contribution < -0.4 is 5.73 Å². The topological polar surface area (TPSA) is 64.9 Å². The van der Waals surface area contributed by atoms with Crippen molar-refractivity contribution in [3.05, 3.63) is 34.6 Å². The molecular formula is C10H10BrN3O. The highest BCUT2D eigenvalue weighted by atomic mass is 79.9. The average molecular weight is 268 g/mol. The van der Waals surface area contributed by atoms with E-state index in [2.05, 4.69) is 26.1 Å². The van der Waals surface area contributed by atoms with Gasteiger partial charge in [0.15, 0.2) is 0 Å². The van der Waals surface area contributed by atoms with E-state index in [1.54, 1.807) is 0 Å². The molecule has 0 radical (unpaired) electrons. The predicted octanol–water partition coefficient (Wildman–Crippen LogP) is 2.00.